The second-order valence-electron chi connectivity index (χ2n) is 4.17. The fraction of sp³-hybridized carbons (Fsp3) is 0.500. The zero-order valence-electron chi connectivity index (χ0n) is 10.7. The number of aromatic nitrogens is 1. The standard InChI is InChI=1S/C12H19N3O3/c1-9(2)8-17-5-6-18-11-7-14-4-3-10(11)12(13)15-16/h3-4,7,9,16H,5-6,8H2,1-2H3,(H2,13,15). The number of hydrogen-bond donors (Lipinski definition) is 2. The second-order valence-corrected chi connectivity index (χ2v) is 4.17. The van der Waals surface area contributed by atoms with E-state index in [4.69, 9.17) is 20.4 Å². The molecule has 0 amide bonds. The average molecular weight is 253 g/mol. The number of oxime groups is 1. The molecule has 1 aromatic rings. The van der Waals surface area contributed by atoms with E-state index < -0.39 is 0 Å². The average Bonchev–Trinajstić information content (AvgIpc) is 2.37. The van der Waals surface area contributed by atoms with Crippen LogP contribution in [-0.2, 0) is 4.74 Å². The van der Waals surface area contributed by atoms with Gasteiger partial charge in [-0.2, -0.15) is 0 Å². The van der Waals surface area contributed by atoms with E-state index in [9.17, 15) is 0 Å². The van der Waals surface area contributed by atoms with Crippen LogP contribution in [0.5, 0.6) is 5.75 Å². The third-order valence-corrected chi connectivity index (χ3v) is 2.10. The molecule has 0 aliphatic carbocycles. The van der Waals surface area contributed by atoms with Crippen molar-refractivity contribution in [1.29, 1.82) is 0 Å². The monoisotopic (exact) mass is 253 g/mol. The van der Waals surface area contributed by atoms with E-state index >= 15 is 0 Å². The Balaban J connectivity index is 2.47. The number of ether oxygens (including phenoxy) is 2. The van der Waals surface area contributed by atoms with Gasteiger partial charge in [0.2, 0.25) is 0 Å². The van der Waals surface area contributed by atoms with Crippen LogP contribution in [0.25, 0.3) is 0 Å². The Bertz CT molecular complexity index is 394. The highest BCUT2D eigenvalue weighted by atomic mass is 16.5. The van der Waals surface area contributed by atoms with Gasteiger partial charge in [0.1, 0.15) is 12.4 Å². The molecule has 0 spiro atoms. The van der Waals surface area contributed by atoms with Crippen LogP contribution in [-0.4, -0.2) is 35.8 Å². The van der Waals surface area contributed by atoms with Crippen LogP contribution in [0.15, 0.2) is 23.6 Å². The van der Waals surface area contributed by atoms with E-state index in [1.807, 2.05) is 0 Å². The fourth-order valence-corrected chi connectivity index (χ4v) is 1.29. The summed E-state index contributed by atoms with van der Waals surface area (Å²) in [4.78, 5) is 3.93. The third kappa shape index (κ3) is 4.58. The van der Waals surface area contributed by atoms with E-state index in [1.54, 1.807) is 12.3 Å². The minimum atomic E-state index is -0.00417. The minimum absolute atomic E-state index is 0.00417. The summed E-state index contributed by atoms with van der Waals surface area (Å²) in [5.41, 5.74) is 6.04. The molecule has 0 aliphatic rings. The summed E-state index contributed by atoms with van der Waals surface area (Å²) in [6.45, 7) is 5.74. The molecule has 1 rings (SSSR count). The van der Waals surface area contributed by atoms with Crippen molar-refractivity contribution in [1.82, 2.24) is 4.98 Å². The van der Waals surface area contributed by atoms with Crippen molar-refractivity contribution in [2.45, 2.75) is 13.8 Å². The van der Waals surface area contributed by atoms with Gasteiger partial charge < -0.3 is 20.4 Å². The Kier molecular flexibility index (Phi) is 5.93. The molecule has 6 heteroatoms. The number of hydrogen-bond acceptors (Lipinski definition) is 5. The van der Waals surface area contributed by atoms with Crippen LogP contribution < -0.4 is 10.5 Å². The van der Waals surface area contributed by atoms with Crippen molar-refractivity contribution >= 4 is 5.84 Å². The Morgan fingerprint density at radius 1 is 1.50 bits per heavy atom. The lowest BCUT2D eigenvalue weighted by Crippen LogP contribution is -2.16. The van der Waals surface area contributed by atoms with E-state index in [0.717, 1.165) is 0 Å². The molecule has 0 saturated heterocycles. The zero-order valence-corrected chi connectivity index (χ0v) is 10.7. The molecule has 0 fully saturated rings. The van der Waals surface area contributed by atoms with Gasteiger partial charge in [-0.3, -0.25) is 4.98 Å². The summed E-state index contributed by atoms with van der Waals surface area (Å²) in [5.74, 6) is 0.965. The van der Waals surface area contributed by atoms with E-state index in [0.29, 0.717) is 37.1 Å². The number of amidine groups is 1. The Morgan fingerprint density at radius 3 is 2.94 bits per heavy atom. The van der Waals surface area contributed by atoms with Crippen molar-refractivity contribution in [3.05, 3.63) is 24.0 Å². The first-order chi connectivity index (χ1) is 8.65. The highest BCUT2D eigenvalue weighted by molar-refractivity contribution is 5.99. The topological polar surface area (TPSA) is 90.0 Å². The molecule has 6 nitrogen and oxygen atoms in total. The van der Waals surface area contributed by atoms with E-state index in [-0.39, 0.29) is 5.84 Å². The summed E-state index contributed by atoms with van der Waals surface area (Å²) in [5, 5.41) is 11.6. The maximum Gasteiger partial charge on any atom is 0.173 e. The lowest BCUT2D eigenvalue weighted by Gasteiger charge is -2.11. The van der Waals surface area contributed by atoms with Gasteiger partial charge in [0.15, 0.2) is 5.84 Å². The smallest absolute Gasteiger partial charge is 0.173 e. The maximum absolute atomic E-state index is 8.65. The van der Waals surface area contributed by atoms with Crippen molar-refractivity contribution in [2.75, 3.05) is 19.8 Å². The van der Waals surface area contributed by atoms with Gasteiger partial charge in [0.25, 0.3) is 0 Å². The normalized spacial score (nSPS) is 11.8. The third-order valence-electron chi connectivity index (χ3n) is 2.10. The lowest BCUT2D eigenvalue weighted by atomic mass is 10.2. The highest BCUT2D eigenvalue weighted by Gasteiger charge is 2.07. The van der Waals surface area contributed by atoms with E-state index in [1.165, 1.54) is 6.20 Å². The first-order valence-corrected chi connectivity index (χ1v) is 5.77. The molecule has 0 saturated carbocycles. The summed E-state index contributed by atoms with van der Waals surface area (Å²) in [6, 6.07) is 1.62. The van der Waals surface area contributed by atoms with Crippen LogP contribution in [0, 0.1) is 5.92 Å². The first-order valence-electron chi connectivity index (χ1n) is 5.77. The lowest BCUT2D eigenvalue weighted by molar-refractivity contribution is 0.0817. The molecule has 3 N–H and O–H groups in total. The summed E-state index contributed by atoms with van der Waals surface area (Å²) in [7, 11) is 0. The number of nitrogens with two attached hydrogens (primary N) is 1. The van der Waals surface area contributed by atoms with Gasteiger partial charge in [0, 0.05) is 12.8 Å². The quantitative estimate of drug-likeness (QED) is 0.251. The highest BCUT2D eigenvalue weighted by Crippen LogP contribution is 2.15. The number of pyridine rings is 1. The van der Waals surface area contributed by atoms with Crippen LogP contribution in [0.3, 0.4) is 0 Å². The molecular weight excluding hydrogens is 234 g/mol. The van der Waals surface area contributed by atoms with Gasteiger partial charge in [-0.05, 0) is 12.0 Å². The molecular formula is C12H19N3O3. The second kappa shape index (κ2) is 7.50. The largest absolute Gasteiger partial charge is 0.489 e. The molecule has 0 atom stereocenters. The minimum Gasteiger partial charge on any atom is -0.489 e. The molecule has 18 heavy (non-hydrogen) atoms. The summed E-state index contributed by atoms with van der Waals surface area (Å²) < 4.78 is 10.9. The fourth-order valence-electron chi connectivity index (χ4n) is 1.29. The molecule has 0 aromatic carbocycles. The molecule has 0 radical (unpaired) electrons. The van der Waals surface area contributed by atoms with Crippen LogP contribution in [0.1, 0.15) is 19.4 Å². The molecule has 1 aromatic heterocycles. The van der Waals surface area contributed by atoms with E-state index in [2.05, 4.69) is 24.0 Å². The first kappa shape index (κ1) is 14.2. The van der Waals surface area contributed by atoms with Gasteiger partial charge >= 0.3 is 0 Å². The Labute approximate surface area is 106 Å². The van der Waals surface area contributed by atoms with Crippen LogP contribution in [0.2, 0.25) is 0 Å². The Morgan fingerprint density at radius 2 is 2.28 bits per heavy atom. The summed E-state index contributed by atoms with van der Waals surface area (Å²) >= 11 is 0. The van der Waals surface area contributed by atoms with Crippen LogP contribution >= 0.6 is 0 Å². The predicted octanol–water partition coefficient (Wildman–Crippen LogP) is 1.23. The van der Waals surface area contributed by atoms with Crippen molar-refractivity contribution < 1.29 is 14.7 Å². The van der Waals surface area contributed by atoms with Crippen molar-refractivity contribution in [2.24, 2.45) is 16.8 Å². The Hall–Kier alpha value is -1.82. The zero-order chi connectivity index (χ0) is 13.4. The number of rotatable bonds is 7. The van der Waals surface area contributed by atoms with Crippen molar-refractivity contribution in [3.63, 3.8) is 0 Å². The van der Waals surface area contributed by atoms with Gasteiger partial charge in [-0.1, -0.05) is 19.0 Å². The predicted molar refractivity (Wildman–Crippen MR) is 67.9 cm³/mol. The van der Waals surface area contributed by atoms with Gasteiger partial charge in [0.05, 0.1) is 18.4 Å². The summed E-state index contributed by atoms with van der Waals surface area (Å²) in [6.07, 6.45) is 3.07. The molecule has 1 heterocycles. The number of nitrogens with zero attached hydrogens (tertiary/aromatic N) is 2. The maximum atomic E-state index is 8.65. The molecule has 0 aliphatic heterocycles. The SMILES string of the molecule is CC(C)COCCOc1cnccc1/C(N)=N/O. The molecule has 0 bridgehead atoms. The molecule has 0 unspecified atom stereocenters. The van der Waals surface area contributed by atoms with Crippen molar-refractivity contribution in [3.8, 4) is 5.75 Å². The van der Waals surface area contributed by atoms with Crippen LogP contribution in [0.4, 0.5) is 0 Å². The van der Waals surface area contributed by atoms with Gasteiger partial charge in [-0.15, -0.1) is 0 Å². The molecule has 100 valence electrons. The van der Waals surface area contributed by atoms with Gasteiger partial charge in [-0.25, -0.2) is 0 Å².